The average molecular weight is 448 g/mol. The topological polar surface area (TPSA) is 92.7 Å². The number of hydrogen-bond donors (Lipinski definition) is 2. The van der Waals surface area contributed by atoms with Gasteiger partial charge in [-0.2, -0.15) is 0 Å². The maximum atomic E-state index is 12.8. The Morgan fingerprint density at radius 1 is 1.13 bits per heavy atom. The molecule has 2 atom stereocenters. The number of rotatable bonds is 11. The van der Waals surface area contributed by atoms with Gasteiger partial charge >= 0.3 is 5.97 Å². The number of unbranched alkanes of at least 4 members (excludes halogenated alkanes) is 1. The fraction of sp³-hybridized carbons (Fsp3) is 0.542. The number of hydrogen-bond acceptors (Lipinski definition) is 4. The summed E-state index contributed by atoms with van der Waals surface area (Å²) in [7, 11) is -1.95. The van der Waals surface area contributed by atoms with Crippen LogP contribution in [0.2, 0.25) is 0 Å². The van der Waals surface area contributed by atoms with E-state index in [-0.39, 0.29) is 12.5 Å². The highest BCUT2D eigenvalue weighted by Crippen LogP contribution is 2.47. The van der Waals surface area contributed by atoms with Crippen LogP contribution in [0.15, 0.2) is 41.8 Å². The van der Waals surface area contributed by atoms with Crippen LogP contribution in [0.25, 0.3) is 6.08 Å². The summed E-state index contributed by atoms with van der Waals surface area (Å²) >= 11 is 0. The minimum Gasteiger partial charge on any atom is -0.497 e. The zero-order chi connectivity index (χ0) is 22.3. The van der Waals surface area contributed by atoms with Crippen molar-refractivity contribution in [1.82, 2.24) is 4.72 Å². The van der Waals surface area contributed by atoms with Crippen LogP contribution in [0, 0.1) is 17.8 Å². The van der Waals surface area contributed by atoms with Crippen LogP contribution in [0.4, 0.5) is 0 Å². The van der Waals surface area contributed by atoms with E-state index < -0.39 is 16.0 Å². The van der Waals surface area contributed by atoms with E-state index in [1.807, 2.05) is 18.2 Å². The number of carboxylic acids is 1. The Morgan fingerprint density at radius 2 is 1.81 bits per heavy atom. The van der Waals surface area contributed by atoms with E-state index in [0.717, 1.165) is 37.0 Å². The highest BCUT2D eigenvalue weighted by molar-refractivity contribution is 7.92. The Labute approximate surface area is 185 Å². The number of carbonyl (C=O) groups is 1. The predicted octanol–water partition coefficient (Wildman–Crippen LogP) is 4.59. The first-order valence-electron chi connectivity index (χ1n) is 11.1. The van der Waals surface area contributed by atoms with Gasteiger partial charge in [-0.15, -0.1) is 0 Å². The quantitative estimate of drug-likeness (QED) is 0.382. The van der Waals surface area contributed by atoms with Crippen molar-refractivity contribution in [2.45, 2.75) is 57.4 Å². The first-order chi connectivity index (χ1) is 14.9. The molecule has 2 unspecified atom stereocenters. The highest BCUT2D eigenvalue weighted by atomic mass is 32.2. The third-order valence-corrected chi connectivity index (χ3v) is 7.68. The van der Waals surface area contributed by atoms with Crippen LogP contribution in [-0.2, 0) is 14.8 Å². The van der Waals surface area contributed by atoms with Crippen molar-refractivity contribution in [1.29, 1.82) is 0 Å². The molecule has 3 aliphatic carbocycles. The third-order valence-electron chi connectivity index (χ3n) is 6.58. The van der Waals surface area contributed by atoms with Crippen molar-refractivity contribution in [2.75, 3.05) is 7.11 Å². The molecule has 2 N–H and O–H groups in total. The molecule has 0 aromatic heterocycles. The van der Waals surface area contributed by atoms with Gasteiger partial charge in [-0.1, -0.05) is 24.3 Å². The molecular weight excluding hydrogens is 414 g/mol. The van der Waals surface area contributed by atoms with E-state index in [0.29, 0.717) is 24.2 Å². The van der Waals surface area contributed by atoms with Gasteiger partial charge in [0, 0.05) is 17.9 Å². The van der Waals surface area contributed by atoms with Crippen LogP contribution >= 0.6 is 0 Å². The molecule has 6 nitrogen and oxygen atoms in total. The SMILES string of the molecule is COc1ccc(/C=C/S(=O)(=O)NC2C3CCC(CC3)C2C/C=C/CCCC(=O)O)cc1. The minimum atomic E-state index is -3.55. The van der Waals surface area contributed by atoms with Crippen molar-refractivity contribution < 1.29 is 23.1 Å². The Morgan fingerprint density at radius 3 is 2.45 bits per heavy atom. The molecule has 1 aromatic carbocycles. The van der Waals surface area contributed by atoms with E-state index in [1.54, 1.807) is 25.3 Å². The second-order valence-electron chi connectivity index (χ2n) is 8.60. The van der Waals surface area contributed by atoms with E-state index in [4.69, 9.17) is 9.84 Å². The first kappa shape index (κ1) is 23.5. The van der Waals surface area contributed by atoms with Gasteiger partial charge < -0.3 is 9.84 Å². The van der Waals surface area contributed by atoms with E-state index in [2.05, 4.69) is 10.8 Å². The van der Waals surface area contributed by atoms with Gasteiger partial charge in [0.25, 0.3) is 0 Å². The maximum absolute atomic E-state index is 12.8. The van der Waals surface area contributed by atoms with Gasteiger partial charge in [0.15, 0.2) is 0 Å². The van der Waals surface area contributed by atoms with Crippen molar-refractivity contribution in [3.63, 3.8) is 0 Å². The monoisotopic (exact) mass is 447 g/mol. The second kappa shape index (κ2) is 11.0. The van der Waals surface area contributed by atoms with Gasteiger partial charge in [-0.3, -0.25) is 4.79 Å². The summed E-state index contributed by atoms with van der Waals surface area (Å²) in [5.41, 5.74) is 0.803. The molecule has 3 fully saturated rings. The summed E-state index contributed by atoms with van der Waals surface area (Å²) < 4.78 is 33.7. The molecule has 0 heterocycles. The van der Waals surface area contributed by atoms with Crippen LogP contribution in [0.3, 0.4) is 0 Å². The summed E-state index contributed by atoms with van der Waals surface area (Å²) in [4.78, 5) is 10.6. The van der Waals surface area contributed by atoms with Crippen molar-refractivity contribution in [2.24, 2.45) is 17.8 Å². The molecule has 4 rings (SSSR count). The smallest absolute Gasteiger partial charge is 0.303 e. The standard InChI is InChI=1S/C24H33NO5S/c1-30-21-14-8-18(9-15-21)16-17-31(28,29)25-24-20-12-10-19(11-13-20)22(24)6-4-2-3-5-7-23(26)27/h2,4,8-9,14-17,19-20,22,24-25H,3,5-7,10-13H2,1H3,(H,26,27)/b4-2+,17-16+. The van der Waals surface area contributed by atoms with E-state index in [9.17, 15) is 13.2 Å². The minimum absolute atomic E-state index is 0.0401. The summed E-state index contributed by atoms with van der Waals surface area (Å²) in [6, 6.07) is 7.22. The lowest BCUT2D eigenvalue weighted by Crippen LogP contribution is -2.52. The van der Waals surface area contributed by atoms with Crippen LogP contribution in [0.5, 0.6) is 5.75 Å². The number of fused-ring (bicyclic) bond motifs is 3. The zero-order valence-electron chi connectivity index (χ0n) is 18.1. The maximum Gasteiger partial charge on any atom is 0.303 e. The molecule has 1 aromatic rings. The first-order valence-corrected chi connectivity index (χ1v) is 12.6. The largest absolute Gasteiger partial charge is 0.497 e. The number of carboxylic acid groups (broad SMARTS) is 1. The van der Waals surface area contributed by atoms with Crippen molar-refractivity contribution >= 4 is 22.1 Å². The number of ether oxygens (including phenoxy) is 1. The molecule has 3 aliphatic rings. The number of allylic oxidation sites excluding steroid dienone is 2. The van der Waals surface area contributed by atoms with Gasteiger partial charge in [0.2, 0.25) is 10.0 Å². The molecule has 2 bridgehead atoms. The third kappa shape index (κ3) is 6.94. The molecule has 0 saturated heterocycles. The van der Waals surface area contributed by atoms with Gasteiger partial charge in [-0.05, 0) is 86.5 Å². The van der Waals surface area contributed by atoms with Crippen LogP contribution in [-0.4, -0.2) is 32.6 Å². The number of aliphatic carboxylic acids is 1. The lowest BCUT2D eigenvalue weighted by atomic mass is 9.61. The molecule has 0 aliphatic heterocycles. The lowest BCUT2D eigenvalue weighted by Gasteiger charge is -2.48. The Hall–Kier alpha value is -2.12. The predicted molar refractivity (Wildman–Crippen MR) is 122 cm³/mol. The normalized spacial score (nSPS) is 26.0. The fourth-order valence-electron chi connectivity index (χ4n) is 4.95. The molecule has 7 heteroatoms. The van der Waals surface area contributed by atoms with E-state index in [1.165, 1.54) is 18.2 Å². The Bertz CT molecular complexity index is 883. The van der Waals surface area contributed by atoms with Crippen molar-refractivity contribution in [3.05, 3.63) is 47.4 Å². The average Bonchev–Trinajstić information content (AvgIpc) is 2.76. The summed E-state index contributed by atoms with van der Waals surface area (Å²) in [5, 5.41) is 9.99. The van der Waals surface area contributed by atoms with Gasteiger partial charge in [0.1, 0.15) is 5.75 Å². The molecule has 0 spiro atoms. The number of nitrogens with one attached hydrogen (secondary N) is 1. The Balaban J connectivity index is 1.61. The summed E-state index contributed by atoms with van der Waals surface area (Å²) in [6.07, 6.45) is 12.7. The van der Waals surface area contributed by atoms with Gasteiger partial charge in [0.05, 0.1) is 7.11 Å². The fourth-order valence-corrected chi connectivity index (χ4v) is 6.11. The molecule has 3 saturated carbocycles. The molecule has 0 amide bonds. The summed E-state index contributed by atoms with van der Waals surface area (Å²) in [6.45, 7) is 0. The second-order valence-corrected chi connectivity index (χ2v) is 10.2. The number of sulfonamides is 1. The van der Waals surface area contributed by atoms with Crippen LogP contribution in [0.1, 0.15) is 56.9 Å². The molecule has 170 valence electrons. The summed E-state index contributed by atoms with van der Waals surface area (Å²) in [5.74, 6) is 1.20. The van der Waals surface area contributed by atoms with Crippen molar-refractivity contribution in [3.8, 4) is 5.75 Å². The van der Waals surface area contributed by atoms with E-state index >= 15 is 0 Å². The molecule has 0 radical (unpaired) electrons. The zero-order valence-corrected chi connectivity index (χ0v) is 18.9. The van der Waals surface area contributed by atoms with Gasteiger partial charge in [-0.25, -0.2) is 13.1 Å². The lowest BCUT2D eigenvalue weighted by molar-refractivity contribution is -0.137. The number of benzene rings is 1. The molecular formula is C24H33NO5S. The molecule has 31 heavy (non-hydrogen) atoms. The highest BCUT2D eigenvalue weighted by Gasteiger charge is 2.44. The Kier molecular flexibility index (Phi) is 8.32. The number of methoxy groups -OCH3 is 1. The van der Waals surface area contributed by atoms with Crippen LogP contribution < -0.4 is 9.46 Å².